The van der Waals surface area contributed by atoms with Gasteiger partial charge in [0.05, 0.1) is 18.3 Å². The van der Waals surface area contributed by atoms with E-state index in [0.29, 0.717) is 38.8 Å². The lowest BCUT2D eigenvalue weighted by atomic mass is 10.2. The fourth-order valence-electron chi connectivity index (χ4n) is 2.59. The van der Waals surface area contributed by atoms with Gasteiger partial charge in [-0.05, 0) is 31.9 Å². The summed E-state index contributed by atoms with van der Waals surface area (Å²) in [5, 5.41) is 8.98. The lowest BCUT2D eigenvalue weighted by molar-refractivity contribution is 0.0424. The number of nitrogens with zero attached hydrogens (tertiary/aromatic N) is 1. The van der Waals surface area contributed by atoms with Crippen molar-refractivity contribution in [1.82, 2.24) is 16.0 Å². The van der Waals surface area contributed by atoms with Gasteiger partial charge >= 0.3 is 0 Å². The SMILES string of the molecule is CCNC(=NCCCOC1CCOC1)NCCNC(=O)c1ccccc1F.I. The van der Waals surface area contributed by atoms with Crippen LogP contribution in [0, 0.1) is 5.82 Å². The number of nitrogens with one attached hydrogen (secondary N) is 3. The third-order valence-corrected chi connectivity index (χ3v) is 3.98. The third-order valence-electron chi connectivity index (χ3n) is 3.98. The summed E-state index contributed by atoms with van der Waals surface area (Å²) in [6.07, 6.45) is 2.02. The van der Waals surface area contributed by atoms with Crippen LogP contribution in [0.25, 0.3) is 0 Å². The van der Waals surface area contributed by atoms with E-state index >= 15 is 0 Å². The lowest BCUT2D eigenvalue weighted by Gasteiger charge is -2.12. The summed E-state index contributed by atoms with van der Waals surface area (Å²) in [6.45, 7) is 6.35. The van der Waals surface area contributed by atoms with Crippen LogP contribution in [0.3, 0.4) is 0 Å². The molecule has 28 heavy (non-hydrogen) atoms. The maximum atomic E-state index is 13.6. The van der Waals surface area contributed by atoms with Crippen molar-refractivity contribution in [2.45, 2.75) is 25.9 Å². The highest BCUT2D eigenvalue weighted by atomic mass is 127. The number of carbonyl (C=O) groups is 1. The molecule has 1 aliphatic rings. The first-order valence-corrected chi connectivity index (χ1v) is 9.45. The van der Waals surface area contributed by atoms with Crippen molar-refractivity contribution < 1.29 is 18.7 Å². The largest absolute Gasteiger partial charge is 0.379 e. The third kappa shape index (κ3) is 9.16. The van der Waals surface area contributed by atoms with Crippen LogP contribution in [0.1, 0.15) is 30.1 Å². The maximum Gasteiger partial charge on any atom is 0.254 e. The summed E-state index contributed by atoms with van der Waals surface area (Å²) in [5.74, 6) is -0.268. The lowest BCUT2D eigenvalue weighted by Crippen LogP contribution is -2.41. The molecule has 1 aliphatic heterocycles. The van der Waals surface area contributed by atoms with E-state index in [2.05, 4.69) is 20.9 Å². The van der Waals surface area contributed by atoms with Gasteiger partial charge in [-0.25, -0.2) is 4.39 Å². The van der Waals surface area contributed by atoms with E-state index in [1.165, 1.54) is 12.1 Å². The number of benzene rings is 1. The van der Waals surface area contributed by atoms with Crippen LogP contribution in [0.2, 0.25) is 0 Å². The summed E-state index contributed by atoms with van der Waals surface area (Å²) in [5.41, 5.74) is 0.0470. The fraction of sp³-hybridized carbons (Fsp3) is 0.579. The Morgan fingerprint density at radius 3 is 2.79 bits per heavy atom. The van der Waals surface area contributed by atoms with Gasteiger partial charge in [-0.3, -0.25) is 9.79 Å². The molecule has 0 aliphatic carbocycles. The number of hydrogen-bond acceptors (Lipinski definition) is 4. The first-order valence-electron chi connectivity index (χ1n) is 9.45. The number of amides is 1. The zero-order valence-corrected chi connectivity index (χ0v) is 18.5. The zero-order chi connectivity index (χ0) is 19.3. The first-order chi connectivity index (χ1) is 13.2. The number of carbonyl (C=O) groups excluding carboxylic acids is 1. The van der Waals surface area contributed by atoms with Crippen molar-refractivity contribution >= 4 is 35.8 Å². The minimum atomic E-state index is -0.524. The quantitative estimate of drug-likeness (QED) is 0.195. The Kier molecular flexibility index (Phi) is 12.8. The van der Waals surface area contributed by atoms with Gasteiger partial charge < -0.3 is 25.4 Å². The van der Waals surface area contributed by atoms with Crippen molar-refractivity contribution in [1.29, 1.82) is 0 Å². The van der Waals surface area contributed by atoms with Crippen molar-refractivity contribution in [3.05, 3.63) is 35.6 Å². The van der Waals surface area contributed by atoms with E-state index in [0.717, 1.165) is 26.0 Å². The van der Waals surface area contributed by atoms with E-state index in [1.54, 1.807) is 12.1 Å². The number of guanidine groups is 1. The second-order valence-corrected chi connectivity index (χ2v) is 6.13. The Labute approximate surface area is 182 Å². The second-order valence-electron chi connectivity index (χ2n) is 6.13. The smallest absolute Gasteiger partial charge is 0.254 e. The topological polar surface area (TPSA) is 84.0 Å². The van der Waals surface area contributed by atoms with E-state index in [1.807, 2.05) is 6.92 Å². The minimum Gasteiger partial charge on any atom is -0.379 e. The Balaban J connectivity index is 0.00000392. The molecule has 158 valence electrons. The molecule has 9 heteroatoms. The molecule has 1 heterocycles. The van der Waals surface area contributed by atoms with Gasteiger partial charge in [-0.2, -0.15) is 0 Å². The highest BCUT2D eigenvalue weighted by Crippen LogP contribution is 2.08. The molecule has 0 saturated carbocycles. The monoisotopic (exact) mass is 508 g/mol. The van der Waals surface area contributed by atoms with Gasteiger partial charge in [-0.15, -0.1) is 24.0 Å². The number of rotatable bonds is 10. The van der Waals surface area contributed by atoms with Crippen molar-refractivity contribution in [2.75, 3.05) is 46.0 Å². The van der Waals surface area contributed by atoms with Crippen molar-refractivity contribution in [3.63, 3.8) is 0 Å². The van der Waals surface area contributed by atoms with E-state index < -0.39 is 11.7 Å². The van der Waals surface area contributed by atoms with Crippen LogP contribution in [0.5, 0.6) is 0 Å². The number of ether oxygens (including phenoxy) is 2. The summed E-state index contributed by atoms with van der Waals surface area (Å²) < 4.78 is 24.5. The van der Waals surface area contributed by atoms with Crippen LogP contribution >= 0.6 is 24.0 Å². The molecule has 1 aromatic carbocycles. The summed E-state index contributed by atoms with van der Waals surface area (Å²) >= 11 is 0. The van der Waals surface area contributed by atoms with Gasteiger partial charge in [0, 0.05) is 39.4 Å². The van der Waals surface area contributed by atoms with Crippen LogP contribution in [-0.2, 0) is 9.47 Å². The molecule has 7 nitrogen and oxygen atoms in total. The Hall–Kier alpha value is -1.46. The Morgan fingerprint density at radius 1 is 1.29 bits per heavy atom. The predicted molar refractivity (Wildman–Crippen MR) is 118 cm³/mol. The molecular formula is C19H30FIN4O3. The summed E-state index contributed by atoms with van der Waals surface area (Å²) in [4.78, 5) is 16.4. The van der Waals surface area contributed by atoms with Crippen LogP contribution in [0.4, 0.5) is 4.39 Å². The van der Waals surface area contributed by atoms with Crippen molar-refractivity contribution in [2.24, 2.45) is 4.99 Å². The predicted octanol–water partition coefficient (Wildman–Crippen LogP) is 1.92. The number of hydrogen-bond donors (Lipinski definition) is 3. The number of aliphatic imine (C=N–C) groups is 1. The van der Waals surface area contributed by atoms with E-state index in [4.69, 9.17) is 9.47 Å². The average Bonchev–Trinajstić information content (AvgIpc) is 3.18. The van der Waals surface area contributed by atoms with Crippen LogP contribution in [-0.4, -0.2) is 64.0 Å². The van der Waals surface area contributed by atoms with Crippen molar-refractivity contribution in [3.8, 4) is 0 Å². The molecule has 0 spiro atoms. The normalized spacial score (nSPS) is 16.4. The molecular weight excluding hydrogens is 478 g/mol. The Morgan fingerprint density at radius 2 is 2.07 bits per heavy atom. The summed E-state index contributed by atoms with van der Waals surface area (Å²) in [7, 11) is 0. The minimum absolute atomic E-state index is 0. The average molecular weight is 508 g/mol. The zero-order valence-electron chi connectivity index (χ0n) is 16.2. The molecule has 3 N–H and O–H groups in total. The van der Waals surface area contributed by atoms with Gasteiger partial charge in [0.15, 0.2) is 5.96 Å². The standard InChI is InChI=1S/C19H29FN4O3.HI/c1-2-21-19(23-9-5-12-27-15-8-13-26-14-15)24-11-10-22-18(25)16-6-3-4-7-17(16)20;/h3-4,6-7,15H,2,5,8-14H2,1H3,(H,22,25)(H2,21,23,24);1H. The molecule has 0 radical (unpaired) electrons. The molecule has 1 saturated heterocycles. The van der Waals surface area contributed by atoms with E-state index in [9.17, 15) is 9.18 Å². The first kappa shape index (κ1) is 24.6. The van der Waals surface area contributed by atoms with Gasteiger partial charge in [0.2, 0.25) is 0 Å². The molecule has 1 unspecified atom stereocenters. The van der Waals surface area contributed by atoms with E-state index in [-0.39, 0.29) is 35.6 Å². The fourth-order valence-corrected chi connectivity index (χ4v) is 2.59. The molecule has 1 amide bonds. The molecule has 2 rings (SSSR count). The second kappa shape index (κ2) is 14.5. The molecule has 0 aromatic heterocycles. The molecule has 1 atom stereocenters. The van der Waals surface area contributed by atoms with Crippen LogP contribution < -0.4 is 16.0 Å². The maximum absolute atomic E-state index is 13.6. The molecule has 0 bridgehead atoms. The van der Waals surface area contributed by atoms with Gasteiger partial charge in [0.25, 0.3) is 5.91 Å². The molecule has 1 fully saturated rings. The Bertz CT molecular complexity index is 613. The summed E-state index contributed by atoms with van der Waals surface area (Å²) in [6, 6.07) is 5.92. The van der Waals surface area contributed by atoms with Crippen LogP contribution in [0.15, 0.2) is 29.3 Å². The highest BCUT2D eigenvalue weighted by molar-refractivity contribution is 14.0. The van der Waals surface area contributed by atoms with Gasteiger partial charge in [-0.1, -0.05) is 12.1 Å². The molecule has 1 aromatic rings. The highest BCUT2D eigenvalue weighted by Gasteiger charge is 2.15. The van der Waals surface area contributed by atoms with Gasteiger partial charge in [0.1, 0.15) is 5.82 Å². The number of halogens is 2.